The summed E-state index contributed by atoms with van der Waals surface area (Å²) >= 11 is 0. The Labute approximate surface area is 165 Å². The van der Waals surface area contributed by atoms with Crippen molar-refractivity contribution in [2.45, 2.75) is 12.8 Å². The zero-order valence-corrected chi connectivity index (χ0v) is 16.5. The largest absolute Gasteiger partial charge is 0.493 e. The number of hydrogen-bond acceptors (Lipinski definition) is 6. The number of benzene rings is 2. The Morgan fingerprint density at radius 3 is 2.07 bits per heavy atom. The van der Waals surface area contributed by atoms with Crippen molar-refractivity contribution >= 4 is 0 Å². The number of ether oxygens (including phenoxy) is 6. The van der Waals surface area contributed by atoms with Gasteiger partial charge in [0.05, 0.1) is 34.5 Å². The van der Waals surface area contributed by atoms with Crippen LogP contribution in [-0.4, -0.2) is 41.3 Å². The molecule has 2 atom stereocenters. The molecule has 0 radical (unpaired) electrons. The third kappa shape index (κ3) is 3.69. The molecule has 0 bridgehead atoms. The van der Waals surface area contributed by atoms with E-state index in [1.165, 1.54) is 5.56 Å². The van der Waals surface area contributed by atoms with E-state index in [0.29, 0.717) is 35.9 Å². The Balaban J connectivity index is 1.49. The topological polar surface area (TPSA) is 55.4 Å². The molecule has 4 rings (SSSR count). The zero-order chi connectivity index (χ0) is 19.5. The SMILES string of the molecule is COc1cc(C[C@H]2COC[C@H]2Cc2ccc3c(c2)OCO3)cc(OC)c1OC. The van der Waals surface area contributed by atoms with Crippen molar-refractivity contribution in [3.63, 3.8) is 0 Å². The van der Waals surface area contributed by atoms with E-state index >= 15 is 0 Å². The fraction of sp³-hybridized carbons (Fsp3) is 0.455. The van der Waals surface area contributed by atoms with Gasteiger partial charge in [-0.1, -0.05) is 6.07 Å². The van der Waals surface area contributed by atoms with Crippen LogP contribution in [0.2, 0.25) is 0 Å². The summed E-state index contributed by atoms with van der Waals surface area (Å²) in [6, 6.07) is 10.2. The molecular weight excluding hydrogens is 360 g/mol. The molecule has 0 saturated carbocycles. The lowest BCUT2D eigenvalue weighted by Crippen LogP contribution is -2.17. The molecule has 0 aromatic heterocycles. The van der Waals surface area contributed by atoms with Gasteiger partial charge < -0.3 is 28.4 Å². The Morgan fingerprint density at radius 2 is 1.43 bits per heavy atom. The summed E-state index contributed by atoms with van der Waals surface area (Å²) in [5.41, 5.74) is 2.40. The molecule has 0 N–H and O–H groups in total. The van der Waals surface area contributed by atoms with E-state index in [0.717, 1.165) is 43.1 Å². The van der Waals surface area contributed by atoms with Gasteiger partial charge in [0.1, 0.15) is 0 Å². The van der Waals surface area contributed by atoms with E-state index in [1.54, 1.807) is 21.3 Å². The van der Waals surface area contributed by atoms with E-state index in [4.69, 9.17) is 28.4 Å². The van der Waals surface area contributed by atoms with Gasteiger partial charge in [-0.15, -0.1) is 0 Å². The van der Waals surface area contributed by atoms with E-state index in [2.05, 4.69) is 12.1 Å². The lowest BCUT2D eigenvalue weighted by Gasteiger charge is -2.20. The Morgan fingerprint density at radius 1 is 0.786 bits per heavy atom. The second kappa shape index (κ2) is 8.19. The molecule has 2 aromatic carbocycles. The summed E-state index contributed by atoms with van der Waals surface area (Å²) in [6.07, 6.45) is 1.84. The van der Waals surface area contributed by atoms with Crippen LogP contribution >= 0.6 is 0 Å². The molecule has 2 heterocycles. The van der Waals surface area contributed by atoms with Crippen molar-refractivity contribution in [1.82, 2.24) is 0 Å². The average molecular weight is 386 g/mol. The normalized spacial score (nSPS) is 20.2. The van der Waals surface area contributed by atoms with Crippen LogP contribution in [0, 0.1) is 11.8 Å². The Hall–Kier alpha value is -2.60. The highest BCUT2D eigenvalue weighted by atomic mass is 16.7. The van der Waals surface area contributed by atoms with Gasteiger partial charge in [0.15, 0.2) is 23.0 Å². The van der Waals surface area contributed by atoms with Gasteiger partial charge in [0.2, 0.25) is 12.5 Å². The standard InChI is InChI=1S/C22H26O6/c1-23-20-9-15(10-21(24-2)22(20)25-3)7-17-12-26-11-16(17)6-14-4-5-18-19(8-14)28-13-27-18/h4-5,8-10,16-17H,6-7,11-13H2,1-3H3/t16-,17+/m1/s1. The molecule has 0 amide bonds. The zero-order valence-electron chi connectivity index (χ0n) is 16.5. The highest BCUT2D eigenvalue weighted by Gasteiger charge is 2.29. The molecule has 1 fully saturated rings. The minimum atomic E-state index is 0.301. The van der Waals surface area contributed by atoms with Crippen molar-refractivity contribution in [2.75, 3.05) is 41.3 Å². The fourth-order valence-electron chi connectivity index (χ4n) is 4.02. The van der Waals surface area contributed by atoms with Crippen LogP contribution in [0.25, 0.3) is 0 Å². The summed E-state index contributed by atoms with van der Waals surface area (Å²) < 4.78 is 33.1. The predicted octanol–water partition coefficient (Wildman–Crippen LogP) is 3.49. The van der Waals surface area contributed by atoms with Gasteiger partial charge in [0.25, 0.3) is 0 Å². The van der Waals surface area contributed by atoms with Crippen LogP contribution in [-0.2, 0) is 17.6 Å². The second-order valence-electron chi connectivity index (χ2n) is 7.19. The number of rotatable bonds is 7. The first-order valence-electron chi connectivity index (χ1n) is 9.47. The van der Waals surface area contributed by atoms with Crippen LogP contribution < -0.4 is 23.7 Å². The molecule has 0 unspecified atom stereocenters. The maximum absolute atomic E-state index is 5.82. The number of fused-ring (bicyclic) bond motifs is 1. The second-order valence-corrected chi connectivity index (χ2v) is 7.19. The van der Waals surface area contributed by atoms with Gasteiger partial charge in [-0.3, -0.25) is 0 Å². The third-order valence-electron chi connectivity index (χ3n) is 5.49. The van der Waals surface area contributed by atoms with Crippen molar-refractivity contribution in [3.05, 3.63) is 41.5 Å². The maximum Gasteiger partial charge on any atom is 0.231 e. The molecule has 150 valence electrons. The summed E-state index contributed by atoms with van der Waals surface area (Å²) in [5.74, 6) is 4.50. The highest BCUT2D eigenvalue weighted by Crippen LogP contribution is 2.40. The van der Waals surface area contributed by atoms with Crippen LogP contribution in [0.4, 0.5) is 0 Å². The summed E-state index contributed by atoms with van der Waals surface area (Å²) in [4.78, 5) is 0. The number of hydrogen-bond donors (Lipinski definition) is 0. The Kier molecular flexibility index (Phi) is 5.48. The summed E-state index contributed by atoms with van der Waals surface area (Å²) in [5, 5.41) is 0. The quantitative estimate of drug-likeness (QED) is 0.726. The van der Waals surface area contributed by atoms with Crippen LogP contribution in [0.3, 0.4) is 0 Å². The monoisotopic (exact) mass is 386 g/mol. The Bertz CT molecular complexity index is 809. The summed E-state index contributed by atoms with van der Waals surface area (Å²) in [7, 11) is 4.90. The molecule has 0 spiro atoms. The van der Waals surface area contributed by atoms with Crippen molar-refractivity contribution in [3.8, 4) is 28.7 Å². The molecule has 6 heteroatoms. The highest BCUT2D eigenvalue weighted by molar-refractivity contribution is 5.54. The van der Waals surface area contributed by atoms with E-state index in [1.807, 2.05) is 18.2 Å². The van der Waals surface area contributed by atoms with Crippen molar-refractivity contribution in [1.29, 1.82) is 0 Å². The van der Waals surface area contributed by atoms with Crippen LogP contribution in [0.1, 0.15) is 11.1 Å². The minimum Gasteiger partial charge on any atom is -0.493 e. The van der Waals surface area contributed by atoms with Gasteiger partial charge in [-0.05, 0) is 60.1 Å². The maximum atomic E-state index is 5.82. The first-order chi connectivity index (χ1) is 13.7. The lowest BCUT2D eigenvalue weighted by atomic mass is 9.85. The fourth-order valence-corrected chi connectivity index (χ4v) is 4.02. The lowest BCUT2D eigenvalue weighted by molar-refractivity contribution is 0.174. The smallest absolute Gasteiger partial charge is 0.231 e. The van der Waals surface area contributed by atoms with E-state index < -0.39 is 0 Å². The molecule has 1 saturated heterocycles. The summed E-state index contributed by atoms with van der Waals surface area (Å²) in [6.45, 7) is 1.82. The first kappa shape index (κ1) is 18.7. The van der Waals surface area contributed by atoms with Gasteiger partial charge in [-0.2, -0.15) is 0 Å². The average Bonchev–Trinajstić information content (AvgIpc) is 3.36. The van der Waals surface area contributed by atoms with Gasteiger partial charge in [0, 0.05) is 0 Å². The third-order valence-corrected chi connectivity index (χ3v) is 5.49. The molecule has 2 aliphatic heterocycles. The molecule has 28 heavy (non-hydrogen) atoms. The van der Waals surface area contributed by atoms with Crippen LogP contribution in [0.5, 0.6) is 28.7 Å². The van der Waals surface area contributed by atoms with Crippen molar-refractivity contribution in [2.24, 2.45) is 11.8 Å². The van der Waals surface area contributed by atoms with E-state index in [-0.39, 0.29) is 0 Å². The predicted molar refractivity (Wildman–Crippen MR) is 104 cm³/mol. The van der Waals surface area contributed by atoms with Gasteiger partial charge >= 0.3 is 0 Å². The van der Waals surface area contributed by atoms with Gasteiger partial charge in [-0.25, -0.2) is 0 Å². The number of methoxy groups -OCH3 is 3. The molecule has 6 nitrogen and oxygen atoms in total. The minimum absolute atomic E-state index is 0.301. The first-order valence-corrected chi connectivity index (χ1v) is 9.47. The van der Waals surface area contributed by atoms with Crippen LogP contribution in [0.15, 0.2) is 30.3 Å². The molecule has 2 aromatic rings. The van der Waals surface area contributed by atoms with E-state index in [9.17, 15) is 0 Å². The molecular formula is C22H26O6. The molecule has 0 aliphatic carbocycles. The van der Waals surface area contributed by atoms with Crippen molar-refractivity contribution < 1.29 is 28.4 Å². The molecule has 2 aliphatic rings.